The van der Waals surface area contributed by atoms with Crippen LogP contribution in [0.15, 0.2) is 16.6 Å². The first kappa shape index (κ1) is 13.5. The third kappa shape index (κ3) is 2.54. The fourth-order valence-electron chi connectivity index (χ4n) is 2.25. The normalized spacial score (nSPS) is 14.2. The number of ether oxygens (including phenoxy) is 1. The maximum Gasteiger partial charge on any atom is 0.200 e. The third-order valence-corrected chi connectivity index (χ3v) is 3.71. The highest BCUT2D eigenvalue weighted by Crippen LogP contribution is 2.26. The summed E-state index contributed by atoms with van der Waals surface area (Å²) in [5, 5.41) is 8.13. The molecule has 106 valence electrons. The topological polar surface area (TPSA) is 39.9 Å². The van der Waals surface area contributed by atoms with Gasteiger partial charge in [0, 0.05) is 17.4 Å². The molecule has 1 aliphatic heterocycles. The van der Waals surface area contributed by atoms with E-state index in [1.807, 2.05) is 4.57 Å². The molecule has 7 heteroatoms. The van der Waals surface area contributed by atoms with Crippen LogP contribution in [-0.4, -0.2) is 14.8 Å². The molecule has 1 aromatic heterocycles. The molecular weight excluding hydrogens is 332 g/mol. The summed E-state index contributed by atoms with van der Waals surface area (Å²) in [4.78, 5) is 0. The van der Waals surface area contributed by atoms with Crippen LogP contribution in [0.5, 0.6) is 5.75 Å². The van der Waals surface area contributed by atoms with Crippen molar-refractivity contribution in [1.82, 2.24) is 14.8 Å². The van der Waals surface area contributed by atoms with Crippen molar-refractivity contribution in [3.05, 3.63) is 39.9 Å². The second-order valence-electron chi connectivity index (χ2n) is 4.63. The van der Waals surface area contributed by atoms with Crippen molar-refractivity contribution in [1.29, 1.82) is 0 Å². The van der Waals surface area contributed by atoms with Gasteiger partial charge in [0.05, 0.1) is 0 Å². The van der Waals surface area contributed by atoms with Crippen LogP contribution in [0.3, 0.4) is 0 Å². The van der Waals surface area contributed by atoms with Crippen molar-refractivity contribution < 1.29 is 13.5 Å². The molecule has 2 aromatic rings. The predicted molar refractivity (Wildman–Crippen MR) is 71.4 cm³/mol. The van der Waals surface area contributed by atoms with Crippen LogP contribution in [-0.2, 0) is 19.6 Å². The van der Waals surface area contributed by atoms with Crippen LogP contribution >= 0.6 is 15.9 Å². The van der Waals surface area contributed by atoms with Gasteiger partial charge < -0.3 is 9.30 Å². The monoisotopic (exact) mass is 343 g/mol. The molecule has 0 spiro atoms. The lowest BCUT2D eigenvalue weighted by molar-refractivity contribution is 0.268. The summed E-state index contributed by atoms with van der Waals surface area (Å²) in [7, 11) is 0. The van der Waals surface area contributed by atoms with E-state index >= 15 is 0 Å². The highest BCUT2D eigenvalue weighted by atomic mass is 79.9. The van der Waals surface area contributed by atoms with E-state index in [2.05, 4.69) is 26.1 Å². The lowest BCUT2D eigenvalue weighted by atomic mass is 10.2. The second-order valence-corrected chi connectivity index (χ2v) is 5.55. The van der Waals surface area contributed by atoms with Crippen LogP contribution in [0.25, 0.3) is 0 Å². The van der Waals surface area contributed by atoms with E-state index in [9.17, 15) is 8.78 Å². The first-order valence-corrected chi connectivity index (χ1v) is 7.13. The zero-order chi connectivity index (χ0) is 14.1. The first-order valence-electron chi connectivity index (χ1n) is 6.33. The summed E-state index contributed by atoms with van der Waals surface area (Å²) in [5.74, 6) is -0.510. The van der Waals surface area contributed by atoms with Gasteiger partial charge >= 0.3 is 0 Å². The molecule has 2 heterocycles. The molecule has 0 aliphatic carbocycles. The molecule has 1 aliphatic rings. The fourth-order valence-corrected chi connectivity index (χ4v) is 2.66. The average Bonchev–Trinajstić information content (AvgIpc) is 2.84. The van der Waals surface area contributed by atoms with Gasteiger partial charge in [-0.3, -0.25) is 0 Å². The van der Waals surface area contributed by atoms with Gasteiger partial charge in [0.15, 0.2) is 17.4 Å². The third-order valence-electron chi connectivity index (χ3n) is 3.25. The number of nitrogens with zero attached hydrogens (tertiary/aromatic N) is 3. The zero-order valence-corrected chi connectivity index (χ0v) is 12.2. The van der Waals surface area contributed by atoms with Crippen molar-refractivity contribution in [2.24, 2.45) is 0 Å². The molecular formula is C13H12BrF2N3O. The van der Waals surface area contributed by atoms with E-state index in [0.29, 0.717) is 10.3 Å². The Morgan fingerprint density at radius 2 is 2.10 bits per heavy atom. The number of rotatable bonds is 3. The Balaban J connectivity index is 1.78. The summed E-state index contributed by atoms with van der Waals surface area (Å²) in [6.07, 6.45) is 3.06. The Hall–Kier alpha value is -1.50. The van der Waals surface area contributed by atoms with Crippen LogP contribution < -0.4 is 4.74 Å². The molecule has 0 unspecified atom stereocenters. The maximum atomic E-state index is 13.6. The Bertz CT molecular complexity index is 645. The number of hydrogen-bond donors (Lipinski definition) is 0. The van der Waals surface area contributed by atoms with Gasteiger partial charge in [0.1, 0.15) is 12.4 Å². The van der Waals surface area contributed by atoms with Crippen molar-refractivity contribution in [2.45, 2.75) is 32.4 Å². The van der Waals surface area contributed by atoms with Crippen LogP contribution in [0.1, 0.15) is 24.5 Å². The predicted octanol–water partition coefficient (Wildman–Crippen LogP) is 3.23. The Kier molecular flexibility index (Phi) is 3.69. The number of aromatic nitrogens is 3. The molecule has 0 atom stereocenters. The van der Waals surface area contributed by atoms with Crippen molar-refractivity contribution >= 4 is 15.9 Å². The van der Waals surface area contributed by atoms with Gasteiger partial charge in [-0.15, -0.1) is 10.2 Å². The van der Waals surface area contributed by atoms with Crippen molar-refractivity contribution in [2.75, 3.05) is 0 Å². The molecule has 3 rings (SSSR count). The minimum atomic E-state index is -0.994. The minimum absolute atomic E-state index is 0.0693. The molecule has 20 heavy (non-hydrogen) atoms. The molecule has 0 fully saturated rings. The van der Waals surface area contributed by atoms with Gasteiger partial charge in [0.25, 0.3) is 0 Å². The fraction of sp³-hybridized carbons (Fsp3) is 0.385. The van der Waals surface area contributed by atoms with E-state index in [1.165, 1.54) is 6.07 Å². The summed E-state index contributed by atoms with van der Waals surface area (Å²) in [6.45, 7) is 0.913. The Morgan fingerprint density at radius 1 is 1.25 bits per heavy atom. The molecule has 0 radical (unpaired) electrons. The molecule has 0 saturated carbocycles. The number of hydrogen-bond acceptors (Lipinski definition) is 3. The van der Waals surface area contributed by atoms with E-state index in [-0.39, 0.29) is 12.4 Å². The SMILES string of the molecule is Fc1cc(Br)cc(OCc2nnc3n2CCCC3)c1F. The van der Waals surface area contributed by atoms with E-state index in [0.717, 1.165) is 37.7 Å². The zero-order valence-electron chi connectivity index (χ0n) is 10.6. The molecule has 0 N–H and O–H groups in total. The molecule has 0 saturated heterocycles. The smallest absolute Gasteiger partial charge is 0.200 e. The molecule has 0 amide bonds. The highest BCUT2D eigenvalue weighted by molar-refractivity contribution is 9.10. The van der Waals surface area contributed by atoms with E-state index in [4.69, 9.17) is 4.74 Å². The van der Waals surface area contributed by atoms with E-state index in [1.54, 1.807) is 0 Å². The van der Waals surface area contributed by atoms with Gasteiger partial charge in [0.2, 0.25) is 5.82 Å². The second kappa shape index (κ2) is 5.47. The summed E-state index contributed by atoms with van der Waals surface area (Å²) in [5.41, 5.74) is 0. The van der Waals surface area contributed by atoms with Crippen LogP contribution in [0.2, 0.25) is 0 Å². The highest BCUT2D eigenvalue weighted by Gasteiger charge is 2.17. The van der Waals surface area contributed by atoms with E-state index < -0.39 is 11.6 Å². The quantitative estimate of drug-likeness (QED) is 0.803. The minimum Gasteiger partial charge on any atom is -0.482 e. The maximum absolute atomic E-state index is 13.6. The largest absolute Gasteiger partial charge is 0.482 e. The lowest BCUT2D eigenvalue weighted by Crippen LogP contribution is -2.14. The van der Waals surface area contributed by atoms with Crippen LogP contribution in [0.4, 0.5) is 8.78 Å². The van der Waals surface area contributed by atoms with Crippen LogP contribution in [0, 0.1) is 11.6 Å². The average molecular weight is 344 g/mol. The first-order chi connectivity index (χ1) is 9.65. The van der Waals surface area contributed by atoms with Crippen molar-refractivity contribution in [3.8, 4) is 5.75 Å². The number of fused-ring (bicyclic) bond motifs is 1. The standard InChI is InChI=1S/C13H12BrF2N3O/c14-8-5-9(15)13(16)10(6-8)20-7-12-18-17-11-3-1-2-4-19(11)12/h5-6H,1-4,7H2. The molecule has 4 nitrogen and oxygen atoms in total. The summed E-state index contributed by atoms with van der Waals surface area (Å²) >= 11 is 3.11. The number of aryl methyl sites for hydroxylation is 1. The summed E-state index contributed by atoms with van der Waals surface area (Å²) in [6, 6.07) is 2.45. The van der Waals surface area contributed by atoms with Gasteiger partial charge in [-0.05, 0) is 25.0 Å². The van der Waals surface area contributed by atoms with Gasteiger partial charge in [-0.25, -0.2) is 4.39 Å². The molecule has 0 bridgehead atoms. The number of benzene rings is 1. The van der Waals surface area contributed by atoms with Crippen molar-refractivity contribution in [3.63, 3.8) is 0 Å². The summed E-state index contributed by atoms with van der Waals surface area (Å²) < 4.78 is 34.6. The Morgan fingerprint density at radius 3 is 2.95 bits per heavy atom. The van der Waals surface area contributed by atoms with Gasteiger partial charge in [-0.1, -0.05) is 15.9 Å². The lowest BCUT2D eigenvalue weighted by Gasteiger charge is -2.15. The Labute approximate surface area is 122 Å². The van der Waals surface area contributed by atoms with Gasteiger partial charge in [-0.2, -0.15) is 4.39 Å². The molecule has 1 aromatic carbocycles. The number of halogens is 3.